The number of carbonyl (C=O) groups excluding carboxylic acids is 1. The second-order valence-corrected chi connectivity index (χ2v) is 10.0. The summed E-state index contributed by atoms with van der Waals surface area (Å²) < 4.78 is 21.9. The van der Waals surface area contributed by atoms with Gasteiger partial charge in [0.05, 0.1) is 20.5 Å². The number of hydrogen-bond acceptors (Lipinski definition) is 6. The Morgan fingerprint density at radius 3 is 2.42 bits per heavy atom. The van der Waals surface area contributed by atoms with Crippen molar-refractivity contribution in [2.75, 3.05) is 20.8 Å². The Balaban J connectivity index is 1.45. The van der Waals surface area contributed by atoms with Crippen LogP contribution in [0.25, 0.3) is 21.9 Å². The summed E-state index contributed by atoms with van der Waals surface area (Å²) in [6.07, 6.45) is 2.93. The number of benzene rings is 2. The van der Waals surface area contributed by atoms with E-state index in [9.17, 15) is 9.59 Å². The van der Waals surface area contributed by atoms with E-state index in [-0.39, 0.29) is 17.7 Å². The van der Waals surface area contributed by atoms with E-state index >= 15 is 0 Å². The predicted octanol–water partition coefficient (Wildman–Crippen LogP) is 5.45. The minimum absolute atomic E-state index is 0.0830. The second-order valence-electron chi connectivity index (χ2n) is 10.0. The Kier molecular flexibility index (Phi) is 7.11. The van der Waals surface area contributed by atoms with Crippen molar-refractivity contribution in [2.45, 2.75) is 52.4 Å². The van der Waals surface area contributed by atoms with Crippen LogP contribution in [0.5, 0.6) is 11.5 Å². The fraction of sp³-hybridized carbons (Fsp3) is 0.379. The molecular weight excluding hydrogens is 458 g/mol. The lowest BCUT2D eigenvalue weighted by Crippen LogP contribution is -2.26. The van der Waals surface area contributed by atoms with Crippen molar-refractivity contribution in [3.05, 3.63) is 69.3 Å². The summed E-state index contributed by atoms with van der Waals surface area (Å²) in [7, 11) is 3.19. The molecule has 1 N–H and O–H groups in total. The van der Waals surface area contributed by atoms with E-state index in [0.717, 1.165) is 27.5 Å². The van der Waals surface area contributed by atoms with Crippen molar-refractivity contribution < 1.29 is 23.1 Å². The second kappa shape index (κ2) is 10.1. The van der Waals surface area contributed by atoms with E-state index in [1.54, 1.807) is 26.5 Å². The van der Waals surface area contributed by atoms with E-state index in [4.69, 9.17) is 18.3 Å². The summed E-state index contributed by atoms with van der Waals surface area (Å²) in [6.45, 7) is 8.79. The van der Waals surface area contributed by atoms with Crippen molar-refractivity contribution in [1.29, 1.82) is 0 Å². The largest absolute Gasteiger partial charge is 0.493 e. The zero-order chi connectivity index (χ0) is 26.0. The van der Waals surface area contributed by atoms with Gasteiger partial charge in [0.2, 0.25) is 5.91 Å². The molecule has 36 heavy (non-hydrogen) atoms. The molecule has 0 aliphatic rings. The predicted molar refractivity (Wildman–Crippen MR) is 140 cm³/mol. The number of rotatable bonds is 8. The van der Waals surface area contributed by atoms with Gasteiger partial charge in [0.25, 0.3) is 0 Å². The van der Waals surface area contributed by atoms with Gasteiger partial charge in [-0.3, -0.25) is 4.79 Å². The summed E-state index contributed by atoms with van der Waals surface area (Å²) in [4.78, 5) is 25.2. The highest BCUT2D eigenvalue weighted by atomic mass is 16.5. The summed E-state index contributed by atoms with van der Waals surface area (Å²) in [5.41, 5.74) is 4.17. The van der Waals surface area contributed by atoms with Gasteiger partial charge >= 0.3 is 5.63 Å². The van der Waals surface area contributed by atoms with Gasteiger partial charge in [-0.15, -0.1) is 0 Å². The van der Waals surface area contributed by atoms with Crippen LogP contribution < -0.4 is 20.4 Å². The van der Waals surface area contributed by atoms with Crippen LogP contribution >= 0.6 is 0 Å². The number of fused-ring (bicyclic) bond motifs is 2. The smallest absolute Gasteiger partial charge is 0.339 e. The molecule has 2 aromatic heterocycles. The molecule has 0 spiro atoms. The number of aryl methyl sites for hydroxylation is 1. The topological polar surface area (TPSA) is 90.9 Å². The third-order valence-electron chi connectivity index (χ3n) is 6.58. The van der Waals surface area contributed by atoms with Crippen molar-refractivity contribution in [2.24, 2.45) is 0 Å². The molecule has 2 heterocycles. The molecule has 0 aliphatic carbocycles. The lowest BCUT2D eigenvalue weighted by Gasteiger charge is -2.16. The van der Waals surface area contributed by atoms with Crippen LogP contribution in [0.15, 0.2) is 50.2 Å². The maximum absolute atomic E-state index is 12.7. The number of nitrogens with one attached hydrogen (secondary N) is 1. The van der Waals surface area contributed by atoms with Crippen LogP contribution in [0.3, 0.4) is 0 Å². The molecule has 0 bridgehead atoms. The van der Waals surface area contributed by atoms with Crippen LogP contribution in [0.2, 0.25) is 0 Å². The molecule has 4 aromatic rings. The normalized spacial score (nSPS) is 11.7. The monoisotopic (exact) mass is 491 g/mol. The molecule has 0 fully saturated rings. The number of furan rings is 1. The van der Waals surface area contributed by atoms with Gasteiger partial charge in [0.15, 0.2) is 11.5 Å². The van der Waals surface area contributed by atoms with Gasteiger partial charge in [-0.25, -0.2) is 4.79 Å². The zero-order valence-corrected chi connectivity index (χ0v) is 21.7. The van der Waals surface area contributed by atoms with Crippen LogP contribution in [-0.2, 0) is 23.1 Å². The molecule has 190 valence electrons. The molecule has 7 nitrogen and oxygen atoms in total. The maximum atomic E-state index is 12.7. The van der Waals surface area contributed by atoms with E-state index in [0.29, 0.717) is 47.6 Å². The highest BCUT2D eigenvalue weighted by Gasteiger charge is 2.22. The van der Waals surface area contributed by atoms with Gasteiger partial charge in [0, 0.05) is 40.9 Å². The molecule has 0 saturated heterocycles. The standard InChI is InChI=1S/C29H33NO6/c1-17-19(8-10-27(31)30-12-11-18-7-9-23(33-5)26(13-18)34-6)28(32)36-25-15-24-21(14-20(17)25)22(16-35-24)29(2,3)4/h7,9,13-16H,8,10-12H2,1-6H3,(H,30,31). The first-order chi connectivity index (χ1) is 17.1. The summed E-state index contributed by atoms with van der Waals surface area (Å²) in [6, 6.07) is 9.49. The average molecular weight is 492 g/mol. The summed E-state index contributed by atoms with van der Waals surface area (Å²) in [5.74, 6) is 1.20. The summed E-state index contributed by atoms with van der Waals surface area (Å²) in [5, 5.41) is 4.80. The van der Waals surface area contributed by atoms with Crippen molar-refractivity contribution in [3.8, 4) is 11.5 Å². The first-order valence-corrected chi connectivity index (χ1v) is 12.1. The SMILES string of the molecule is COc1ccc(CCNC(=O)CCc2c(C)c3cc4c(C(C)(C)C)coc4cc3oc2=O)cc1OC. The highest BCUT2D eigenvalue weighted by Crippen LogP contribution is 2.35. The third kappa shape index (κ3) is 5.10. The highest BCUT2D eigenvalue weighted by molar-refractivity contribution is 5.96. The van der Waals surface area contributed by atoms with E-state index in [1.165, 1.54) is 0 Å². The van der Waals surface area contributed by atoms with Gasteiger partial charge < -0.3 is 23.6 Å². The van der Waals surface area contributed by atoms with E-state index in [2.05, 4.69) is 26.1 Å². The van der Waals surface area contributed by atoms with Crippen LogP contribution in [-0.4, -0.2) is 26.7 Å². The zero-order valence-electron chi connectivity index (χ0n) is 21.7. The Labute approximate surface area is 210 Å². The quantitative estimate of drug-likeness (QED) is 0.330. The maximum Gasteiger partial charge on any atom is 0.339 e. The van der Waals surface area contributed by atoms with Gasteiger partial charge in [-0.1, -0.05) is 26.8 Å². The molecule has 0 radical (unpaired) electrons. The lowest BCUT2D eigenvalue weighted by molar-refractivity contribution is -0.121. The molecule has 7 heteroatoms. The molecule has 0 unspecified atom stereocenters. The van der Waals surface area contributed by atoms with Crippen molar-refractivity contribution in [3.63, 3.8) is 0 Å². The van der Waals surface area contributed by atoms with Crippen LogP contribution in [0.4, 0.5) is 0 Å². The number of hydrogen-bond donors (Lipinski definition) is 1. The Morgan fingerprint density at radius 2 is 1.72 bits per heavy atom. The lowest BCUT2D eigenvalue weighted by atomic mass is 9.86. The molecule has 0 atom stereocenters. The van der Waals surface area contributed by atoms with Gasteiger partial charge in [-0.05, 0) is 54.5 Å². The summed E-state index contributed by atoms with van der Waals surface area (Å²) >= 11 is 0. The van der Waals surface area contributed by atoms with E-state index in [1.807, 2.05) is 31.2 Å². The van der Waals surface area contributed by atoms with Crippen molar-refractivity contribution in [1.82, 2.24) is 5.32 Å². The number of carbonyl (C=O) groups is 1. The van der Waals surface area contributed by atoms with Crippen molar-refractivity contribution >= 4 is 27.8 Å². The number of amides is 1. The Hall–Kier alpha value is -3.74. The number of ether oxygens (including phenoxy) is 2. The number of methoxy groups -OCH3 is 2. The molecule has 2 aromatic carbocycles. The minimum Gasteiger partial charge on any atom is -0.493 e. The Bertz CT molecular complexity index is 1470. The third-order valence-corrected chi connectivity index (χ3v) is 6.58. The molecular formula is C29H33NO6. The Morgan fingerprint density at radius 1 is 0.972 bits per heavy atom. The first kappa shape index (κ1) is 25.4. The van der Waals surface area contributed by atoms with E-state index < -0.39 is 5.63 Å². The fourth-order valence-electron chi connectivity index (χ4n) is 4.49. The average Bonchev–Trinajstić information content (AvgIpc) is 3.26. The molecule has 1 amide bonds. The first-order valence-electron chi connectivity index (χ1n) is 12.1. The van der Waals surface area contributed by atoms with Crippen LogP contribution in [0.1, 0.15) is 49.4 Å². The van der Waals surface area contributed by atoms with Crippen LogP contribution in [0, 0.1) is 6.92 Å². The fourth-order valence-corrected chi connectivity index (χ4v) is 4.49. The molecule has 0 saturated carbocycles. The minimum atomic E-state index is -0.417. The van der Waals surface area contributed by atoms with Gasteiger partial charge in [-0.2, -0.15) is 0 Å². The molecule has 4 rings (SSSR count). The molecule has 0 aliphatic heterocycles. The van der Waals surface area contributed by atoms with Gasteiger partial charge in [0.1, 0.15) is 11.2 Å².